The zero-order valence-electron chi connectivity index (χ0n) is 11.9. The molecule has 0 saturated carbocycles. The minimum Gasteiger partial charge on any atom is -0.378 e. The molecule has 21 heavy (non-hydrogen) atoms. The number of carbonyl (C=O) groups excluding carboxylic acids is 1. The molecule has 0 saturated heterocycles. The molecule has 0 aromatic heterocycles. The summed E-state index contributed by atoms with van der Waals surface area (Å²) in [4.78, 5) is 12.2. The molecule has 108 valence electrons. The van der Waals surface area contributed by atoms with E-state index in [0.717, 1.165) is 24.9 Å². The number of anilines is 1. The van der Waals surface area contributed by atoms with Gasteiger partial charge in [0.25, 0.3) is 5.91 Å². The lowest BCUT2D eigenvalue weighted by Crippen LogP contribution is -2.22. The first-order chi connectivity index (χ1) is 10.3. The zero-order chi connectivity index (χ0) is 14.7. The van der Waals surface area contributed by atoms with Gasteiger partial charge in [-0.15, -0.1) is 0 Å². The van der Waals surface area contributed by atoms with Gasteiger partial charge in [0.15, 0.2) is 6.10 Å². The van der Waals surface area contributed by atoms with E-state index < -0.39 is 6.10 Å². The molecule has 0 bridgehead atoms. The Bertz CT molecular complexity index is 637. The normalized spacial score (nSPS) is 15.1. The summed E-state index contributed by atoms with van der Waals surface area (Å²) in [6.07, 6.45) is 3.29. The summed E-state index contributed by atoms with van der Waals surface area (Å²) in [6.45, 7) is 0. The van der Waals surface area contributed by atoms with Crippen LogP contribution in [-0.4, -0.2) is 11.0 Å². The van der Waals surface area contributed by atoms with E-state index in [-0.39, 0.29) is 5.91 Å². The quantitative estimate of drug-likeness (QED) is 0.907. The van der Waals surface area contributed by atoms with Crippen molar-refractivity contribution in [1.29, 1.82) is 0 Å². The van der Waals surface area contributed by atoms with Crippen molar-refractivity contribution >= 4 is 11.6 Å². The zero-order valence-corrected chi connectivity index (χ0v) is 11.9. The van der Waals surface area contributed by atoms with Crippen LogP contribution in [0, 0.1) is 0 Å². The Morgan fingerprint density at radius 3 is 2.57 bits per heavy atom. The van der Waals surface area contributed by atoms with Crippen LogP contribution < -0.4 is 5.32 Å². The standard InChI is InChI=1S/C18H19NO2/c20-17(14-8-2-1-3-9-14)18(21)19-16-12-6-10-13-7-4-5-11-15(13)16/h1-3,6,8-10,12,17,20H,4-5,7,11H2,(H,19,21). The van der Waals surface area contributed by atoms with Crippen LogP contribution in [-0.2, 0) is 17.6 Å². The molecule has 1 aliphatic rings. The highest BCUT2D eigenvalue weighted by Gasteiger charge is 2.20. The van der Waals surface area contributed by atoms with Gasteiger partial charge in [-0.3, -0.25) is 4.79 Å². The Labute approximate surface area is 124 Å². The van der Waals surface area contributed by atoms with Crippen LogP contribution in [0.1, 0.15) is 35.6 Å². The van der Waals surface area contributed by atoms with Gasteiger partial charge >= 0.3 is 0 Å². The second kappa shape index (κ2) is 6.10. The Morgan fingerprint density at radius 1 is 1.00 bits per heavy atom. The average molecular weight is 281 g/mol. The van der Waals surface area contributed by atoms with E-state index in [1.807, 2.05) is 30.3 Å². The highest BCUT2D eigenvalue weighted by atomic mass is 16.3. The maximum absolute atomic E-state index is 12.2. The molecular weight excluding hydrogens is 262 g/mol. The van der Waals surface area contributed by atoms with Crippen molar-refractivity contribution in [3.63, 3.8) is 0 Å². The van der Waals surface area contributed by atoms with E-state index in [1.165, 1.54) is 17.5 Å². The molecule has 0 fully saturated rings. The van der Waals surface area contributed by atoms with E-state index >= 15 is 0 Å². The van der Waals surface area contributed by atoms with Gasteiger partial charge < -0.3 is 10.4 Å². The van der Waals surface area contributed by atoms with Crippen molar-refractivity contribution in [2.45, 2.75) is 31.8 Å². The number of rotatable bonds is 3. The molecule has 1 atom stereocenters. The monoisotopic (exact) mass is 281 g/mol. The summed E-state index contributed by atoms with van der Waals surface area (Å²) in [7, 11) is 0. The van der Waals surface area contributed by atoms with Crippen LogP contribution in [0.4, 0.5) is 5.69 Å². The highest BCUT2D eigenvalue weighted by Crippen LogP contribution is 2.28. The van der Waals surface area contributed by atoms with E-state index in [2.05, 4.69) is 11.4 Å². The number of hydrogen-bond donors (Lipinski definition) is 2. The van der Waals surface area contributed by atoms with Gasteiger partial charge in [-0.25, -0.2) is 0 Å². The largest absolute Gasteiger partial charge is 0.378 e. The van der Waals surface area contributed by atoms with Crippen molar-refractivity contribution in [2.24, 2.45) is 0 Å². The first-order valence-electron chi connectivity index (χ1n) is 7.40. The molecular formula is C18H19NO2. The van der Waals surface area contributed by atoms with Crippen LogP contribution >= 0.6 is 0 Å². The van der Waals surface area contributed by atoms with Gasteiger partial charge in [0.05, 0.1) is 0 Å². The third-order valence-electron chi connectivity index (χ3n) is 4.02. The van der Waals surface area contributed by atoms with Gasteiger partial charge in [0.1, 0.15) is 0 Å². The summed E-state index contributed by atoms with van der Waals surface area (Å²) in [5, 5.41) is 13.0. The summed E-state index contributed by atoms with van der Waals surface area (Å²) >= 11 is 0. The molecule has 0 heterocycles. The number of amides is 1. The lowest BCUT2D eigenvalue weighted by molar-refractivity contribution is -0.124. The van der Waals surface area contributed by atoms with E-state index in [1.54, 1.807) is 12.1 Å². The van der Waals surface area contributed by atoms with E-state index in [0.29, 0.717) is 5.56 Å². The van der Waals surface area contributed by atoms with Gasteiger partial charge in [-0.1, -0.05) is 42.5 Å². The smallest absolute Gasteiger partial charge is 0.257 e. The van der Waals surface area contributed by atoms with E-state index in [9.17, 15) is 9.90 Å². The molecule has 3 nitrogen and oxygen atoms in total. The molecule has 2 aromatic rings. The SMILES string of the molecule is O=C(Nc1cccc2c1CCCC2)C(O)c1ccccc1. The minimum absolute atomic E-state index is 0.375. The molecule has 1 aliphatic carbocycles. The lowest BCUT2D eigenvalue weighted by Gasteiger charge is -2.20. The first-order valence-corrected chi connectivity index (χ1v) is 7.40. The molecule has 2 aromatic carbocycles. The Balaban J connectivity index is 1.79. The van der Waals surface area contributed by atoms with Crippen LogP contribution in [0.5, 0.6) is 0 Å². The molecule has 3 heteroatoms. The third-order valence-corrected chi connectivity index (χ3v) is 4.02. The second-order valence-electron chi connectivity index (χ2n) is 5.45. The maximum atomic E-state index is 12.2. The van der Waals surface area contributed by atoms with Gasteiger partial charge in [0.2, 0.25) is 0 Å². The summed E-state index contributed by atoms with van der Waals surface area (Å²) < 4.78 is 0. The van der Waals surface area contributed by atoms with E-state index in [4.69, 9.17) is 0 Å². The van der Waals surface area contributed by atoms with Crippen molar-refractivity contribution < 1.29 is 9.90 Å². The fraction of sp³-hybridized carbons (Fsp3) is 0.278. The Hall–Kier alpha value is -2.13. The molecule has 1 amide bonds. The number of fused-ring (bicyclic) bond motifs is 1. The Kier molecular flexibility index (Phi) is 4.02. The van der Waals surface area contributed by atoms with Crippen molar-refractivity contribution in [3.8, 4) is 0 Å². The fourth-order valence-electron chi connectivity index (χ4n) is 2.89. The van der Waals surface area contributed by atoms with Gasteiger partial charge in [-0.2, -0.15) is 0 Å². The number of benzene rings is 2. The van der Waals surface area contributed by atoms with Crippen LogP contribution in [0.2, 0.25) is 0 Å². The fourth-order valence-corrected chi connectivity index (χ4v) is 2.89. The number of carbonyl (C=O) groups is 1. The molecule has 0 radical (unpaired) electrons. The first kappa shape index (κ1) is 13.8. The predicted octanol–water partition coefficient (Wildman–Crippen LogP) is 3.24. The molecule has 0 spiro atoms. The third kappa shape index (κ3) is 2.98. The van der Waals surface area contributed by atoms with Gasteiger partial charge in [0, 0.05) is 5.69 Å². The minimum atomic E-state index is -1.13. The predicted molar refractivity (Wildman–Crippen MR) is 83.1 cm³/mol. The number of aliphatic hydroxyl groups is 1. The summed E-state index contributed by atoms with van der Waals surface area (Å²) in [5.74, 6) is -0.375. The van der Waals surface area contributed by atoms with Crippen LogP contribution in [0.25, 0.3) is 0 Å². The molecule has 1 unspecified atom stereocenters. The second-order valence-corrected chi connectivity index (χ2v) is 5.45. The van der Waals surface area contributed by atoms with Crippen molar-refractivity contribution in [1.82, 2.24) is 0 Å². The highest BCUT2D eigenvalue weighted by molar-refractivity contribution is 5.95. The lowest BCUT2D eigenvalue weighted by atomic mass is 9.90. The Morgan fingerprint density at radius 2 is 1.76 bits per heavy atom. The maximum Gasteiger partial charge on any atom is 0.257 e. The van der Waals surface area contributed by atoms with Crippen LogP contribution in [0.15, 0.2) is 48.5 Å². The summed E-state index contributed by atoms with van der Waals surface area (Å²) in [5.41, 5.74) is 3.98. The van der Waals surface area contributed by atoms with Crippen LogP contribution in [0.3, 0.4) is 0 Å². The number of aliphatic hydroxyl groups excluding tert-OH is 1. The molecule has 2 N–H and O–H groups in total. The van der Waals surface area contributed by atoms with Crippen molar-refractivity contribution in [3.05, 3.63) is 65.2 Å². The van der Waals surface area contributed by atoms with Crippen molar-refractivity contribution in [2.75, 3.05) is 5.32 Å². The topological polar surface area (TPSA) is 49.3 Å². The average Bonchev–Trinajstić information content (AvgIpc) is 2.55. The van der Waals surface area contributed by atoms with Gasteiger partial charge in [-0.05, 0) is 48.4 Å². The number of hydrogen-bond acceptors (Lipinski definition) is 2. The molecule has 3 rings (SSSR count). The summed E-state index contributed by atoms with van der Waals surface area (Å²) in [6, 6.07) is 15.0. The number of aryl methyl sites for hydroxylation is 1. The number of nitrogens with one attached hydrogen (secondary N) is 1. The molecule has 0 aliphatic heterocycles.